The molecule has 0 bridgehead atoms. The summed E-state index contributed by atoms with van der Waals surface area (Å²) in [6, 6.07) is 6.39. The first-order chi connectivity index (χ1) is 8.19. The summed E-state index contributed by atoms with van der Waals surface area (Å²) >= 11 is 1.15. The number of esters is 1. The number of hydrogen-bond acceptors (Lipinski definition) is 3. The second kappa shape index (κ2) is 6.91. The van der Waals surface area contributed by atoms with Gasteiger partial charge in [0.15, 0.2) is 0 Å². The Bertz CT molecular complexity index is 441. The number of allylic oxidation sites excluding steroid dienone is 1. The van der Waals surface area contributed by atoms with Crippen molar-refractivity contribution in [2.75, 3.05) is 7.11 Å². The Hall–Kier alpha value is -1.55. The van der Waals surface area contributed by atoms with E-state index < -0.39 is 5.97 Å². The maximum Gasteiger partial charge on any atom is 0.334 e. The lowest BCUT2D eigenvalue weighted by molar-refractivity contribution is -0.136. The first kappa shape index (κ1) is 13.5. The first-order valence-corrected chi connectivity index (χ1v) is 5.86. The number of carbonyl (C=O) groups is 1. The molecular weight excluding hydrogens is 239 g/mol. The standard InChI is InChI=1S/C13H13FO2S/c1-3-6-10(13(15)16-2)9-17-12-8-5-4-7-11(12)14/h3-5,7-9H,1,6H2,2H3/b10-9-. The fourth-order valence-corrected chi connectivity index (χ4v) is 1.94. The third kappa shape index (κ3) is 4.07. The van der Waals surface area contributed by atoms with Crippen molar-refractivity contribution in [2.24, 2.45) is 0 Å². The first-order valence-electron chi connectivity index (χ1n) is 4.98. The highest BCUT2D eigenvalue weighted by molar-refractivity contribution is 8.02. The summed E-state index contributed by atoms with van der Waals surface area (Å²) in [5, 5.41) is 1.59. The molecule has 0 spiro atoms. The van der Waals surface area contributed by atoms with E-state index in [1.165, 1.54) is 13.2 Å². The second-order valence-corrected chi connectivity index (χ2v) is 4.09. The van der Waals surface area contributed by atoms with E-state index in [0.29, 0.717) is 16.9 Å². The molecule has 17 heavy (non-hydrogen) atoms. The van der Waals surface area contributed by atoms with Crippen molar-refractivity contribution in [2.45, 2.75) is 11.3 Å². The van der Waals surface area contributed by atoms with E-state index in [0.717, 1.165) is 11.8 Å². The van der Waals surface area contributed by atoms with Crippen molar-refractivity contribution in [1.82, 2.24) is 0 Å². The van der Waals surface area contributed by atoms with Crippen LogP contribution in [0.3, 0.4) is 0 Å². The summed E-state index contributed by atoms with van der Waals surface area (Å²) < 4.78 is 17.9. The van der Waals surface area contributed by atoms with Gasteiger partial charge in [-0.1, -0.05) is 30.0 Å². The quantitative estimate of drug-likeness (QED) is 0.347. The summed E-state index contributed by atoms with van der Waals surface area (Å²) in [5.74, 6) is -0.731. The van der Waals surface area contributed by atoms with Crippen molar-refractivity contribution < 1.29 is 13.9 Å². The molecule has 0 aliphatic carbocycles. The normalized spacial score (nSPS) is 11.1. The van der Waals surface area contributed by atoms with Gasteiger partial charge in [-0.15, -0.1) is 6.58 Å². The molecule has 0 fully saturated rings. The van der Waals surface area contributed by atoms with E-state index in [1.807, 2.05) is 0 Å². The van der Waals surface area contributed by atoms with Crippen LogP contribution in [-0.4, -0.2) is 13.1 Å². The second-order valence-electron chi connectivity index (χ2n) is 3.18. The molecular formula is C13H13FO2S. The largest absolute Gasteiger partial charge is 0.466 e. The molecule has 0 saturated carbocycles. The molecule has 2 nitrogen and oxygen atoms in total. The van der Waals surface area contributed by atoms with E-state index in [4.69, 9.17) is 0 Å². The molecule has 0 N–H and O–H groups in total. The van der Waals surface area contributed by atoms with Crippen molar-refractivity contribution in [3.63, 3.8) is 0 Å². The molecule has 0 atom stereocenters. The molecule has 4 heteroatoms. The molecule has 0 aliphatic rings. The monoisotopic (exact) mass is 252 g/mol. The van der Waals surface area contributed by atoms with Crippen LogP contribution in [0.15, 0.2) is 52.8 Å². The van der Waals surface area contributed by atoms with Gasteiger partial charge in [0.25, 0.3) is 0 Å². The zero-order valence-electron chi connectivity index (χ0n) is 9.48. The van der Waals surface area contributed by atoms with Crippen molar-refractivity contribution in [3.05, 3.63) is 53.7 Å². The highest BCUT2D eigenvalue weighted by Gasteiger charge is 2.08. The van der Waals surface area contributed by atoms with Crippen LogP contribution in [0, 0.1) is 5.82 Å². The van der Waals surface area contributed by atoms with Gasteiger partial charge in [-0.3, -0.25) is 0 Å². The van der Waals surface area contributed by atoms with Gasteiger partial charge in [-0.2, -0.15) is 0 Å². The van der Waals surface area contributed by atoms with E-state index in [1.54, 1.807) is 29.7 Å². The topological polar surface area (TPSA) is 26.3 Å². The van der Waals surface area contributed by atoms with E-state index in [-0.39, 0.29) is 5.82 Å². The Kier molecular flexibility index (Phi) is 5.49. The predicted octanol–water partition coefficient (Wildman–Crippen LogP) is 3.55. The van der Waals surface area contributed by atoms with E-state index >= 15 is 0 Å². The SMILES string of the molecule is C=CC/C(=C/Sc1ccccc1F)C(=O)OC. The van der Waals surface area contributed by atoms with Crippen LogP contribution >= 0.6 is 11.8 Å². The number of thioether (sulfide) groups is 1. The van der Waals surface area contributed by atoms with Crippen LogP contribution < -0.4 is 0 Å². The number of hydrogen-bond donors (Lipinski definition) is 0. The molecule has 1 aromatic rings. The fraction of sp³-hybridized carbons (Fsp3) is 0.154. The Morgan fingerprint density at radius 3 is 2.82 bits per heavy atom. The van der Waals surface area contributed by atoms with Gasteiger partial charge < -0.3 is 4.74 Å². The average molecular weight is 252 g/mol. The van der Waals surface area contributed by atoms with Crippen LogP contribution in [0.25, 0.3) is 0 Å². The maximum absolute atomic E-state index is 13.3. The number of benzene rings is 1. The average Bonchev–Trinajstić information content (AvgIpc) is 2.35. The lowest BCUT2D eigenvalue weighted by Gasteiger charge is -2.03. The maximum atomic E-state index is 13.3. The van der Waals surface area contributed by atoms with Crippen LogP contribution in [0.1, 0.15) is 6.42 Å². The third-order valence-corrected chi connectivity index (χ3v) is 2.96. The summed E-state index contributed by atoms with van der Waals surface area (Å²) in [6.45, 7) is 3.56. The van der Waals surface area contributed by atoms with Gasteiger partial charge in [0.1, 0.15) is 5.82 Å². The smallest absolute Gasteiger partial charge is 0.334 e. The lowest BCUT2D eigenvalue weighted by Crippen LogP contribution is -2.03. The highest BCUT2D eigenvalue weighted by atomic mass is 32.2. The minimum Gasteiger partial charge on any atom is -0.466 e. The lowest BCUT2D eigenvalue weighted by atomic mass is 10.2. The molecule has 1 aromatic carbocycles. The Balaban J connectivity index is 2.82. The molecule has 0 aliphatic heterocycles. The molecule has 0 heterocycles. The Morgan fingerprint density at radius 1 is 1.53 bits per heavy atom. The number of ether oxygens (including phenoxy) is 1. The van der Waals surface area contributed by atoms with Gasteiger partial charge >= 0.3 is 5.97 Å². The number of carbonyl (C=O) groups excluding carboxylic acids is 1. The van der Waals surface area contributed by atoms with Gasteiger partial charge in [0.05, 0.1) is 7.11 Å². The minimum absolute atomic E-state index is 0.309. The Morgan fingerprint density at radius 2 is 2.24 bits per heavy atom. The molecule has 0 aromatic heterocycles. The fourth-order valence-electron chi connectivity index (χ4n) is 1.14. The molecule has 0 saturated heterocycles. The zero-order valence-corrected chi connectivity index (χ0v) is 10.3. The van der Waals surface area contributed by atoms with Crippen molar-refractivity contribution in [1.29, 1.82) is 0 Å². The summed E-state index contributed by atoms with van der Waals surface area (Å²) in [7, 11) is 1.31. The van der Waals surface area contributed by atoms with Gasteiger partial charge in [0, 0.05) is 10.5 Å². The molecule has 0 amide bonds. The summed E-state index contributed by atoms with van der Waals surface area (Å²) in [4.78, 5) is 11.8. The van der Waals surface area contributed by atoms with E-state index in [2.05, 4.69) is 11.3 Å². The van der Waals surface area contributed by atoms with E-state index in [9.17, 15) is 9.18 Å². The van der Waals surface area contributed by atoms with Gasteiger partial charge in [-0.05, 0) is 24.0 Å². The molecule has 1 rings (SSSR count). The van der Waals surface area contributed by atoms with Crippen LogP contribution in [-0.2, 0) is 9.53 Å². The van der Waals surface area contributed by atoms with Crippen molar-refractivity contribution in [3.8, 4) is 0 Å². The number of methoxy groups -OCH3 is 1. The Labute approximate surface area is 104 Å². The third-order valence-electron chi connectivity index (χ3n) is 1.98. The summed E-state index contributed by atoms with van der Waals surface area (Å²) in [6.07, 6.45) is 2.00. The minimum atomic E-state index is -0.422. The van der Waals surface area contributed by atoms with Gasteiger partial charge in [-0.25, -0.2) is 9.18 Å². The zero-order chi connectivity index (χ0) is 12.7. The van der Waals surface area contributed by atoms with Crippen LogP contribution in [0.5, 0.6) is 0 Å². The van der Waals surface area contributed by atoms with Crippen molar-refractivity contribution >= 4 is 17.7 Å². The highest BCUT2D eigenvalue weighted by Crippen LogP contribution is 2.24. The number of rotatable bonds is 5. The number of halogens is 1. The van der Waals surface area contributed by atoms with Crippen LogP contribution in [0.4, 0.5) is 4.39 Å². The van der Waals surface area contributed by atoms with Gasteiger partial charge in [0.2, 0.25) is 0 Å². The summed E-state index contributed by atoms with van der Waals surface area (Å²) in [5.41, 5.74) is 0.454. The molecule has 90 valence electrons. The molecule has 0 radical (unpaired) electrons. The van der Waals surface area contributed by atoms with Crippen LogP contribution in [0.2, 0.25) is 0 Å². The molecule has 0 unspecified atom stereocenters. The predicted molar refractivity (Wildman–Crippen MR) is 67.2 cm³/mol.